The lowest BCUT2D eigenvalue weighted by Gasteiger charge is -2.13. The molecule has 20 heavy (non-hydrogen) atoms. The highest BCUT2D eigenvalue weighted by atomic mass is 16.5. The summed E-state index contributed by atoms with van der Waals surface area (Å²) in [6.45, 7) is 6.86. The Labute approximate surface area is 119 Å². The van der Waals surface area contributed by atoms with Crippen molar-refractivity contribution < 1.29 is 4.74 Å². The van der Waals surface area contributed by atoms with E-state index in [0.717, 1.165) is 17.0 Å². The molecule has 1 atom stereocenters. The maximum Gasteiger partial charge on any atom is 0.223 e. The summed E-state index contributed by atoms with van der Waals surface area (Å²) in [4.78, 5) is 8.78. The summed E-state index contributed by atoms with van der Waals surface area (Å²) in [5, 5.41) is 10.4. The molecule has 0 bridgehead atoms. The summed E-state index contributed by atoms with van der Waals surface area (Å²) in [5.74, 6) is 0.943. The monoisotopic (exact) mass is 275 g/mol. The third-order valence-corrected chi connectivity index (χ3v) is 2.94. The van der Waals surface area contributed by atoms with Gasteiger partial charge in [-0.25, -0.2) is 9.97 Å². The fraction of sp³-hybridized carbons (Fsp3) is 0.500. The van der Waals surface area contributed by atoms with E-state index < -0.39 is 0 Å². The highest BCUT2D eigenvalue weighted by Crippen LogP contribution is 2.25. The smallest absolute Gasteiger partial charge is 0.223 e. The standard InChI is InChI=1S/C14H21N5O/c1-9(2)13-11(7-16-19-13)12-5-6-15-14(18-12)17-10(3)8-20-4/h5-7,9-10H,8H2,1-4H3,(H,16,19)(H,15,17,18). The second-order valence-electron chi connectivity index (χ2n) is 5.11. The van der Waals surface area contributed by atoms with Gasteiger partial charge in [0.25, 0.3) is 0 Å². The van der Waals surface area contributed by atoms with Gasteiger partial charge in [-0.3, -0.25) is 5.10 Å². The topological polar surface area (TPSA) is 75.7 Å². The molecule has 2 aromatic rings. The van der Waals surface area contributed by atoms with Gasteiger partial charge in [-0.05, 0) is 18.9 Å². The zero-order valence-corrected chi connectivity index (χ0v) is 12.3. The molecule has 0 aliphatic carbocycles. The molecular formula is C14H21N5O. The Morgan fingerprint density at radius 3 is 2.85 bits per heavy atom. The Bertz CT molecular complexity index is 552. The lowest BCUT2D eigenvalue weighted by Crippen LogP contribution is -2.22. The van der Waals surface area contributed by atoms with E-state index in [1.807, 2.05) is 19.2 Å². The van der Waals surface area contributed by atoms with Crippen molar-refractivity contribution in [2.75, 3.05) is 19.0 Å². The Morgan fingerprint density at radius 2 is 2.15 bits per heavy atom. The molecule has 0 aliphatic heterocycles. The number of H-pyrrole nitrogens is 1. The second kappa shape index (κ2) is 6.47. The predicted molar refractivity (Wildman–Crippen MR) is 78.7 cm³/mol. The summed E-state index contributed by atoms with van der Waals surface area (Å²) >= 11 is 0. The van der Waals surface area contributed by atoms with Crippen molar-refractivity contribution >= 4 is 5.95 Å². The first-order chi connectivity index (χ1) is 9.61. The molecule has 108 valence electrons. The molecule has 0 saturated carbocycles. The van der Waals surface area contributed by atoms with E-state index in [0.29, 0.717) is 18.5 Å². The molecule has 0 radical (unpaired) electrons. The molecule has 0 saturated heterocycles. The Balaban J connectivity index is 2.23. The first kappa shape index (κ1) is 14.5. The fourth-order valence-electron chi connectivity index (χ4n) is 2.04. The number of ether oxygens (including phenoxy) is 1. The van der Waals surface area contributed by atoms with Crippen LogP contribution >= 0.6 is 0 Å². The molecule has 2 aromatic heterocycles. The third kappa shape index (κ3) is 3.33. The van der Waals surface area contributed by atoms with Crippen LogP contribution in [0.1, 0.15) is 32.4 Å². The lowest BCUT2D eigenvalue weighted by molar-refractivity contribution is 0.190. The van der Waals surface area contributed by atoms with Gasteiger partial charge in [0, 0.05) is 31.1 Å². The Morgan fingerprint density at radius 1 is 1.35 bits per heavy atom. The van der Waals surface area contributed by atoms with Gasteiger partial charge in [0.1, 0.15) is 0 Å². The van der Waals surface area contributed by atoms with Crippen molar-refractivity contribution in [2.45, 2.75) is 32.7 Å². The van der Waals surface area contributed by atoms with Gasteiger partial charge in [-0.1, -0.05) is 13.8 Å². The predicted octanol–water partition coefficient (Wildman–Crippen LogP) is 2.44. The van der Waals surface area contributed by atoms with Crippen LogP contribution in [-0.4, -0.2) is 39.9 Å². The van der Waals surface area contributed by atoms with Crippen molar-refractivity contribution in [3.63, 3.8) is 0 Å². The first-order valence-electron chi connectivity index (χ1n) is 6.74. The van der Waals surface area contributed by atoms with Crippen LogP contribution in [-0.2, 0) is 4.74 Å². The van der Waals surface area contributed by atoms with E-state index >= 15 is 0 Å². The average Bonchev–Trinajstić information content (AvgIpc) is 2.88. The van der Waals surface area contributed by atoms with E-state index in [4.69, 9.17) is 4.74 Å². The molecule has 6 heteroatoms. The molecule has 1 unspecified atom stereocenters. The average molecular weight is 275 g/mol. The van der Waals surface area contributed by atoms with E-state index in [9.17, 15) is 0 Å². The molecule has 2 heterocycles. The van der Waals surface area contributed by atoms with Crippen LogP contribution in [0.25, 0.3) is 11.3 Å². The number of hydrogen-bond acceptors (Lipinski definition) is 5. The van der Waals surface area contributed by atoms with Crippen molar-refractivity contribution in [3.8, 4) is 11.3 Å². The van der Waals surface area contributed by atoms with E-state index in [-0.39, 0.29) is 6.04 Å². The number of methoxy groups -OCH3 is 1. The first-order valence-corrected chi connectivity index (χ1v) is 6.74. The molecule has 2 rings (SSSR count). The number of aromatic nitrogens is 4. The number of aromatic amines is 1. The van der Waals surface area contributed by atoms with E-state index in [1.165, 1.54) is 0 Å². The number of hydrogen-bond donors (Lipinski definition) is 2. The van der Waals surface area contributed by atoms with Gasteiger partial charge in [-0.15, -0.1) is 0 Å². The van der Waals surface area contributed by atoms with E-state index in [1.54, 1.807) is 13.3 Å². The van der Waals surface area contributed by atoms with Crippen LogP contribution in [0.2, 0.25) is 0 Å². The summed E-state index contributed by atoms with van der Waals surface area (Å²) in [6, 6.07) is 2.05. The number of nitrogens with one attached hydrogen (secondary N) is 2. The highest BCUT2D eigenvalue weighted by molar-refractivity contribution is 5.62. The molecule has 0 amide bonds. The molecule has 0 aromatic carbocycles. The minimum absolute atomic E-state index is 0.157. The largest absolute Gasteiger partial charge is 0.383 e. The minimum atomic E-state index is 0.157. The summed E-state index contributed by atoms with van der Waals surface area (Å²) < 4.78 is 5.10. The zero-order valence-electron chi connectivity index (χ0n) is 12.3. The van der Waals surface area contributed by atoms with Crippen LogP contribution in [0, 0.1) is 0 Å². The Hall–Kier alpha value is -1.95. The van der Waals surface area contributed by atoms with E-state index in [2.05, 4.69) is 39.3 Å². The van der Waals surface area contributed by atoms with Crippen molar-refractivity contribution in [1.82, 2.24) is 20.2 Å². The minimum Gasteiger partial charge on any atom is -0.383 e. The van der Waals surface area contributed by atoms with Crippen molar-refractivity contribution in [1.29, 1.82) is 0 Å². The summed E-state index contributed by atoms with van der Waals surface area (Å²) in [6.07, 6.45) is 3.63. The maximum absolute atomic E-state index is 5.10. The van der Waals surface area contributed by atoms with Crippen LogP contribution < -0.4 is 5.32 Å². The third-order valence-electron chi connectivity index (χ3n) is 2.94. The van der Waals surface area contributed by atoms with Gasteiger partial charge in [0.05, 0.1) is 18.0 Å². The van der Waals surface area contributed by atoms with Crippen LogP contribution in [0.15, 0.2) is 18.5 Å². The normalized spacial score (nSPS) is 12.7. The van der Waals surface area contributed by atoms with Gasteiger partial charge in [0.2, 0.25) is 5.95 Å². The van der Waals surface area contributed by atoms with Crippen molar-refractivity contribution in [3.05, 3.63) is 24.2 Å². The fourth-order valence-corrected chi connectivity index (χ4v) is 2.04. The number of anilines is 1. The highest BCUT2D eigenvalue weighted by Gasteiger charge is 2.13. The maximum atomic E-state index is 5.10. The molecule has 0 spiro atoms. The molecule has 0 aliphatic rings. The second-order valence-corrected chi connectivity index (χ2v) is 5.11. The van der Waals surface area contributed by atoms with Crippen LogP contribution in [0.3, 0.4) is 0 Å². The quantitative estimate of drug-likeness (QED) is 0.847. The summed E-state index contributed by atoms with van der Waals surface area (Å²) in [7, 11) is 1.68. The molecule has 6 nitrogen and oxygen atoms in total. The van der Waals surface area contributed by atoms with Gasteiger partial charge < -0.3 is 10.1 Å². The van der Waals surface area contributed by atoms with Gasteiger partial charge >= 0.3 is 0 Å². The van der Waals surface area contributed by atoms with Crippen LogP contribution in [0.5, 0.6) is 0 Å². The molecular weight excluding hydrogens is 254 g/mol. The lowest BCUT2D eigenvalue weighted by atomic mass is 10.0. The molecule has 0 fully saturated rings. The van der Waals surface area contributed by atoms with Crippen molar-refractivity contribution in [2.24, 2.45) is 0 Å². The molecule has 2 N–H and O–H groups in total. The summed E-state index contributed by atoms with van der Waals surface area (Å²) in [5.41, 5.74) is 2.90. The number of rotatable bonds is 6. The SMILES string of the molecule is COCC(C)Nc1nccc(-c2c[nH]nc2C(C)C)n1. The van der Waals surface area contributed by atoms with Gasteiger partial charge in [-0.2, -0.15) is 5.10 Å². The zero-order chi connectivity index (χ0) is 14.5. The Kier molecular flexibility index (Phi) is 4.68. The van der Waals surface area contributed by atoms with Gasteiger partial charge in [0.15, 0.2) is 0 Å². The van der Waals surface area contributed by atoms with Crippen LogP contribution in [0.4, 0.5) is 5.95 Å². The number of nitrogens with zero attached hydrogens (tertiary/aromatic N) is 3.